The number of hydrogen-bond acceptors (Lipinski definition) is 5. The van der Waals surface area contributed by atoms with E-state index in [1.54, 1.807) is 19.1 Å². The van der Waals surface area contributed by atoms with Gasteiger partial charge in [-0.1, -0.05) is 12.1 Å². The number of aromatic amines is 1. The number of hydrogen-bond donors (Lipinski definition) is 2. The summed E-state index contributed by atoms with van der Waals surface area (Å²) in [5, 5.41) is 10.5. The summed E-state index contributed by atoms with van der Waals surface area (Å²) in [7, 11) is 0. The van der Waals surface area contributed by atoms with Crippen LogP contribution >= 0.6 is 0 Å². The lowest BCUT2D eigenvalue weighted by atomic mass is 10.0. The summed E-state index contributed by atoms with van der Waals surface area (Å²) in [5.41, 5.74) is 7.02. The Kier molecular flexibility index (Phi) is 3.28. The van der Waals surface area contributed by atoms with E-state index in [0.29, 0.717) is 17.7 Å². The molecular weight excluding hydrogens is 248 g/mol. The van der Waals surface area contributed by atoms with Crippen LogP contribution in [0.1, 0.15) is 16.8 Å². The zero-order chi connectivity index (χ0) is 14.0. The molecule has 98 valence electrons. The van der Waals surface area contributed by atoms with Gasteiger partial charge in [0.15, 0.2) is 0 Å². The highest BCUT2D eigenvalue weighted by molar-refractivity contribution is 5.36. The van der Waals surface area contributed by atoms with E-state index in [9.17, 15) is 14.9 Å². The molecule has 19 heavy (non-hydrogen) atoms. The molecule has 2 aromatic rings. The lowest BCUT2D eigenvalue weighted by molar-refractivity contribution is -0.384. The number of anilines is 1. The third-order valence-electron chi connectivity index (χ3n) is 2.77. The summed E-state index contributed by atoms with van der Waals surface area (Å²) >= 11 is 0. The molecule has 0 aliphatic heterocycles. The number of nitrogens with one attached hydrogen (secondary N) is 1. The molecule has 0 bridgehead atoms. The molecule has 0 saturated heterocycles. The van der Waals surface area contributed by atoms with Crippen LogP contribution in [0.25, 0.3) is 0 Å². The molecular formula is C12H12N4O3. The molecule has 7 heteroatoms. The molecule has 0 fully saturated rings. The summed E-state index contributed by atoms with van der Waals surface area (Å²) in [5.74, 6) is 0.0787. The molecule has 0 aliphatic rings. The smallest absolute Gasteiger partial charge is 0.269 e. The third-order valence-corrected chi connectivity index (χ3v) is 2.77. The number of H-pyrrole nitrogens is 1. The first-order valence-corrected chi connectivity index (χ1v) is 5.56. The maximum absolute atomic E-state index is 11.8. The van der Waals surface area contributed by atoms with Crippen molar-refractivity contribution in [2.45, 2.75) is 13.3 Å². The average Bonchev–Trinajstić information content (AvgIpc) is 2.34. The number of aryl methyl sites for hydroxylation is 1. The van der Waals surface area contributed by atoms with Gasteiger partial charge >= 0.3 is 0 Å². The van der Waals surface area contributed by atoms with Crippen LogP contribution in [0.2, 0.25) is 0 Å². The second kappa shape index (κ2) is 4.89. The van der Waals surface area contributed by atoms with Gasteiger partial charge in [-0.3, -0.25) is 19.9 Å². The topological polar surface area (TPSA) is 115 Å². The van der Waals surface area contributed by atoms with E-state index in [1.165, 1.54) is 12.1 Å². The van der Waals surface area contributed by atoms with Crippen LogP contribution in [0.4, 0.5) is 11.6 Å². The number of nitro groups is 1. The van der Waals surface area contributed by atoms with Gasteiger partial charge in [-0.05, 0) is 12.5 Å². The maximum atomic E-state index is 11.8. The Morgan fingerprint density at radius 3 is 2.53 bits per heavy atom. The molecule has 0 spiro atoms. The van der Waals surface area contributed by atoms with Gasteiger partial charge in [-0.25, -0.2) is 4.98 Å². The molecule has 2 rings (SSSR count). The summed E-state index contributed by atoms with van der Waals surface area (Å²) in [6.45, 7) is 1.70. The van der Waals surface area contributed by atoms with E-state index < -0.39 is 4.92 Å². The number of non-ortho nitro benzene ring substituents is 1. The minimum absolute atomic E-state index is 0.0183. The van der Waals surface area contributed by atoms with Crippen molar-refractivity contribution in [3.63, 3.8) is 0 Å². The van der Waals surface area contributed by atoms with E-state index in [2.05, 4.69) is 9.97 Å². The zero-order valence-corrected chi connectivity index (χ0v) is 10.2. The summed E-state index contributed by atoms with van der Waals surface area (Å²) in [6.07, 6.45) is 0.354. The van der Waals surface area contributed by atoms with Gasteiger partial charge in [0.05, 0.1) is 10.6 Å². The first-order valence-electron chi connectivity index (χ1n) is 5.56. The molecule has 0 unspecified atom stereocenters. The molecule has 3 N–H and O–H groups in total. The Labute approximate surface area is 108 Å². The van der Waals surface area contributed by atoms with E-state index in [1.807, 2.05) is 0 Å². The highest BCUT2D eigenvalue weighted by Gasteiger charge is 2.09. The highest BCUT2D eigenvalue weighted by Crippen LogP contribution is 2.14. The van der Waals surface area contributed by atoms with E-state index in [0.717, 1.165) is 5.56 Å². The van der Waals surface area contributed by atoms with E-state index >= 15 is 0 Å². The summed E-state index contributed by atoms with van der Waals surface area (Å²) in [4.78, 5) is 28.3. The van der Waals surface area contributed by atoms with Crippen molar-refractivity contribution in [3.05, 3.63) is 61.6 Å². The van der Waals surface area contributed by atoms with Crippen LogP contribution in [-0.4, -0.2) is 14.9 Å². The van der Waals surface area contributed by atoms with Gasteiger partial charge < -0.3 is 5.73 Å². The predicted octanol–water partition coefficient (Wildman–Crippen LogP) is 1.16. The Hall–Kier alpha value is -2.70. The van der Waals surface area contributed by atoms with E-state index in [4.69, 9.17) is 5.73 Å². The molecule has 7 nitrogen and oxygen atoms in total. The minimum Gasteiger partial charge on any atom is -0.369 e. The lowest BCUT2D eigenvalue weighted by Gasteiger charge is -2.05. The average molecular weight is 260 g/mol. The molecule has 0 aliphatic carbocycles. The quantitative estimate of drug-likeness (QED) is 0.634. The fourth-order valence-corrected chi connectivity index (χ4v) is 1.78. The number of nitrogen functional groups attached to an aromatic ring is 1. The first kappa shape index (κ1) is 12.7. The van der Waals surface area contributed by atoms with Crippen molar-refractivity contribution in [2.75, 3.05) is 5.73 Å². The lowest BCUT2D eigenvalue weighted by Crippen LogP contribution is -2.18. The first-order chi connectivity index (χ1) is 8.97. The second-order valence-corrected chi connectivity index (χ2v) is 4.12. The van der Waals surface area contributed by atoms with Crippen LogP contribution in [0.15, 0.2) is 29.1 Å². The van der Waals surface area contributed by atoms with Crippen LogP contribution in [0.5, 0.6) is 0 Å². The predicted molar refractivity (Wildman–Crippen MR) is 69.9 cm³/mol. The number of nitrogens with two attached hydrogens (primary N) is 1. The number of nitrogens with zero attached hydrogens (tertiary/aromatic N) is 2. The Morgan fingerprint density at radius 1 is 1.37 bits per heavy atom. The molecule has 1 heterocycles. The number of benzene rings is 1. The van der Waals surface area contributed by atoms with Crippen LogP contribution in [0, 0.1) is 17.0 Å². The maximum Gasteiger partial charge on any atom is 0.269 e. The summed E-state index contributed by atoms with van der Waals surface area (Å²) < 4.78 is 0. The minimum atomic E-state index is -0.466. The molecule has 0 atom stereocenters. The van der Waals surface area contributed by atoms with Gasteiger partial charge in [0.2, 0.25) is 5.95 Å². The molecule has 1 aromatic heterocycles. The highest BCUT2D eigenvalue weighted by atomic mass is 16.6. The second-order valence-electron chi connectivity index (χ2n) is 4.12. The fraction of sp³-hybridized carbons (Fsp3) is 0.167. The molecule has 0 radical (unpaired) electrons. The zero-order valence-electron chi connectivity index (χ0n) is 10.2. The van der Waals surface area contributed by atoms with Gasteiger partial charge in [-0.2, -0.15) is 0 Å². The standard InChI is InChI=1S/C12H12N4O3/c1-7-10(11(17)15-12(13)14-7)6-8-2-4-9(5-3-8)16(18)19/h2-5H,6H2,1H3,(H3,13,14,15,17). The normalized spacial score (nSPS) is 10.4. The van der Waals surface area contributed by atoms with Crippen molar-refractivity contribution >= 4 is 11.6 Å². The van der Waals surface area contributed by atoms with Gasteiger partial charge in [0, 0.05) is 24.1 Å². The van der Waals surface area contributed by atoms with Crippen molar-refractivity contribution in [1.82, 2.24) is 9.97 Å². The van der Waals surface area contributed by atoms with Gasteiger partial charge in [0.1, 0.15) is 0 Å². The van der Waals surface area contributed by atoms with Crippen molar-refractivity contribution in [2.24, 2.45) is 0 Å². The molecule has 0 amide bonds. The fourth-order valence-electron chi connectivity index (χ4n) is 1.78. The summed E-state index contributed by atoms with van der Waals surface area (Å²) in [6, 6.07) is 6.05. The van der Waals surface area contributed by atoms with Crippen LogP contribution in [0.3, 0.4) is 0 Å². The number of nitro benzene ring substituents is 1. The SMILES string of the molecule is Cc1nc(N)[nH]c(=O)c1Cc1ccc([N+](=O)[O-])cc1. The Balaban J connectivity index is 2.31. The van der Waals surface area contributed by atoms with E-state index in [-0.39, 0.29) is 17.2 Å². The Morgan fingerprint density at radius 2 is 2.00 bits per heavy atom. The van der Waals surface area contributed by atoms with Crippen molar-refractivity contribution in [1.29, 1.82) is 0 Å². The van der Waals surface area contributed by atoms with Crippen LogP contribution in [-0.2, 0) is 6.42 Å². The van der Waals surface area contributed by atoms with Crippen molar-refractivity contribution < 1.29 is 4.92 Å². The van der Waals surface area contributed by atoms with Gasteiger partial charge in [-0.15, -0.1) is 0 Å². The number of aromatic nitrogens is 2. The largest absolute Gasteiger partial charge is 0.369 e. The Bertz CT molecular complexity index is 676. The van der Waals surface area contributed by atoms with Crippen molar-refractivity contribution in [3.8, 4) is 0 Å². The third kappa shape index (κ3) is 2.76. The number of rotatable bonds is 3. The van der Waals surface area contributed by atoms with Crippen LogP contribution < -0.4 is 11.3 Å². The molecule has 1 aromatic carbocycles. The molecule has 0 saturated carbocycles. The van der Waals surface area contributed by atoms with Gasteiger partial charge in [0.25, 0.3) is 11.2 Å². The monoisotopic (exact) mass is 260 g/mol.